The van der Waals surface area contributed by atoms with Crippen molar-refractivity contribution in [3.63, 3.8) is 0 Å². The highest BCUT2D eigenvalue weighted by molar-refractivity contribution is 8.03. The molecule has 8 heavy (non-hydrogen) atoms. The zero-order chi connectivity index (χ0) is 5.98. The van der Waals surface area contributed by atoms with Gasteiger partial charge in [-0.3, -0.25) is 0 Å². The minimum Gasteiger partial charge on any atom is -0.366 e. The fourth-order valence-electron chi connectivity index (χ4n) is 0.824. The zero-order valence-electron chi connectivity index (χ0n) is 5.18. The number of hydrogen-bond acceptors (Lipinski definition) is 2. The Morgan fingerprint density at radius 1 is 1.88 bits per heavy atom. The van der Waals surface area contributed by atoms with E-state index in [9.17, 15) is 0 Å². The van der Waals surface area contributed by atoms with Crippen LogP contribution in [0.15, 0.2) is 11.6 Å². The molecule has 0 spiro atoms. The summed E-state index contributed by atoms with van der Waals surface area (Å²) < 4.78 is 0. The first-order valence-electron chi connectivity index (χ1n) is 2.91. The van der Waals surface area contributed by atoms with Crippen LogP contribution in [0.5, 0.6) is 0 Å². The molecule has 0 bridgehead atoms. The molecule has 0 aliphatic carbocycles. The van der Waals surface area contributed by atoms with Crippen LogP contribution in [0.25, 0.3) is 0 Å². The van der Waals surface area contributed by atoms with Gasteiger partial charge in [0.2, 0.25) is 0 Å². The van der Waals surface area contributed by atoms with Crippen molar-refractivity contribution in [2.45, 2.75) is 6.92 Å². The van der Waals surface area contributed by atoms with Crippen LogP contribution in [0.2, 0.25) is 0 Å². The summed E-state index contributed by atoms with van der Waals surface area (Å²) in [5, 5.41) is 1.24. The van der Waals surface area contributed by atoms with Crippen LogP contribution in [0.4, 0.5) is 0 Å². The van der Waals surface area contributed by atoms with Crippen molar-refractivity contribution in [3.8, 4) is 0 Å². The molecule has 0 aromatic heterocycles. The SMILES string of the molecule is C=C1SCCN1CC. The molecule has 1 rings (SSSR count). The van der Waals surface area contributed by atoms with E-state index in [2.05, 4.69) is 18.4 Å². The molecule has 1 aliphatic rings. The van der Waals surface area contributed by atoms with Gasteiger partial charge < -0.3 is 4.90 Å². The van der Waals surface area contributed by atoms with E-state index in [0.717, 1.165) is 6.54 Å². The van der Waals surface area contributed by atoms with E-state index in [4.69, 9.17) is 0 Å². The first-order chi connectivity index (χ1) is 3.84. The van der Waals surface area contributed by atoms with Gasteiger partial charge in [0.25, 0.3) is 0 Å². The Labute approximate surface area is 54.8 Å². The molecule has 1 fully saturated rings. The Balaban J connectivity index is 2.42. The molecule has 0 amide bonds. The molecule has 46 valence electrons. The number of thioether (sulfide) groups is 1. The van der Waals surface area contributed by atoms with Gasteiger partial charge in [-0.15, -0.1) is 11.8 Å². The molecule has 0 aromatic carbocycles. The maximum absolute atomic E-state index is 3.90. The number of rotatable bonds is 1. The van der Waals surface area contributed by atoms with E-state index in [-0.39, 0.29) is 0 Å². The second kappa shape index (κ2) is 2.44. The first-order valence-corrected chi connectivity index (χ1v) is 3.90. The smallest absolute Gasteiger partial charge is 0.0635 e. The van der Waals surface area contributed by atoms with Gasteiger partial charge in [0.05, 0.1) is 5.03 Å². The Morgan fingerprint density at radius 2 is 2.62 bits per heavy atom. The molecule has 1 saturated heterocycles. The van der Waals surface area contributed by atoms with E-state index in [0.29, 0.717) is 0 Å². The van der Waals surface area contributed by atoms with E-state index in [1.54, 1.807) is 0 Å². The van der Waals surface area contributed by atoms with Gasteiger partial charge >= 0.3 is 0 Å². The van der Waals surface area contributed by atoms with Gasteiger partial charge in [0.15, 0.2) is 0 Å². The van der Waals surface area contributed by atoms with Crippen LogP contribution >= 0.6 is 11.8 Å². The van der Waals surface area contributed by atoms with Crippen molar-refractivity contribution in [1.82, 2.24) is 4.90 Å². The van der Waals surface area contributed by atoms with Crippen LogP contribution in [-0.2, 0) is 0 Å². The van der Waals surface area contributed by atoms with Gasteiger partial charge in [-0.1, -0.05) is 6.58 Å². The van der Waals surface area contributed by atoms with Crippen molar-refractivity contribution in [3.05, 3.63) is 11.6 Å². The Morgan fingerprint density at radius 3 is 2.88 bits per heavy atom. The summed E-state index contributed by atoms with van der Waals surface area (Å²) in [7, 11) is 0. The highest BCUT2D eigenvalue weighted by Gasteiger charge is 2.11. The lowest BCUT2D eigenvalue weighted by atomic mass is 10.5. The summed E-state index contributed by atoms with van der Waals surface area (Å²) in [4.78, 5) is 2.30. The van der Waals surface area contributed by atoms with Gasteiger partial charge in [0, 0.05) is 18.8 Å². The maximum Gasteiger partial charge on any atom is 0.0635 e. The normalized spacial score (nSPS) is 20.1. The predicted molar refractivity (Wildman–Crippen MR) is 38.8 cm³/mol. The summed E-state index contributed by atoms with van der Waals surface area (Å²) in [6.07, 6.45) is 0. The summed E-state index contributed by atoms with van der Waals surface area (Å²) in [5.41, 5.74) is 0. The van der Waals surface area contributed by atoms with Gasteiger partial charge in [-0.2, -0.15) is 0 Å². The fourth-order valence-corrected chi connectivity index (χ4v) is 1.77. The van der Waals surface area contributed by atoms with Crippen LogP contribution in [-0.4, -0.2) is 23.7 Å². The standard InChI is InChI=1S/C6H11NS/c1-3-7-4-5-8-6(7)2/h2-5H2,1H3. The molecule has 1 nitrogen and oxygen atoms in total. The van der Waals surface area contributed by atoms with E-state index in [1.807, 2.05) is 11.8 Å². The van der Waals surface area contributed by atoms with Crippen molar-refractivity contribution in [1.29, 1.82) is 0 Å². The molecular weight excluding hydrogens is 118 g/mol. The van der Waals surface area contributed by atoms with E-state index in [1.165, 1.54) is 17.3 Å². The van der Waals surface area contributed by atoms with Crippen LogP contribution < -0.4 is 0 Å². The Bertz CT molecular complexity index is 101. The van der Waals surface area contributed by atoms with Crippen molar-refractivity contribution in [2.24, 2.45) is 0 Å². The van der Waals surface area contributed by atoms with Crippen LogP contribution in [0, 0.1) is 0 Å². The Kier molecular flexibility index (Phi) is 1.84. The molecule has 0 atom stereocenters. The second-order valence-corrected chi connectivity index (χ2v) is 2.99. The van der Waals surface area contributed by atoms with Gasteiger partial charge in [-0.05, 0) is 6.92 Å². The minimum absolute atomic E-state index is 1.12. The summed E-state index contributed by atoms with van der Waals surface area (Å²) in [6.45, 7) is 8.37. The van der Waals surface area contributed by atoms with E-state index >= 15 is 0 Å². The third kappa shape index (κ3) is 0.996. The highest BCUT2D eigenvalue weighted by Crippen LogP contribution is 2.24. The van der Waals surface area contributed by atoms with Crippen LogP contribution in [0.1, 0.15) is 6.92 Å². The molecular formula is C6H11NS. The number of nitrogens with zero attached hydrogens (tertiary/aromatic N) is 1. The number of hydrogen-bond donors (Lipinski definition) is 0. The monoisotopic (exact) mass is 129 g/mol. The molecule has 0 saturated carbocycles. The van der Waals surface area contributed by atoms with Crippen molar-refractivity contribution >= 4 is 11.8 Å². The predicted octanol–water partition coefficient (Wildman–Crippen LogP) is 1.53. The Hall–Kier alpha value is -0.110. The molecule has 0 radical (unpaired) electrons. The lowest BCUT2D eigenvalue weighted by molar-refractivity contribution is 0.427. The molecule has 1 heterocycles. The summed E-state index contributed by atoms with van der Waals surface area (Å²) in [6, 6.07) is 0. The minimum atomic E-state index is 1.12. The highest BCUT2D eigenvalue weighted by atomic mass is 32.2. The largest absolute Gasteiger partial charge is 0.366 e. The van der Waals surface area contributed by atoms with Crippen LogP contribution in [0.3, 0.4) is 0 Å². The molecule has 0 aromatic rings. The van der Waals surface area contributed by atoms with Crippen molar-refractivity contribution < 1.29 is 0 Å². The summed E-state index contributed by atoms with van der Waals surface area (Å²) >= 11 is 1.86. The third-order valence-corrected chi connectivity index (χ3v) is 2.34. The quantitative estimate of drug-likeness (QED) is 0.528. The molecule has 0 unspecified atom stereocenters. The third-order valence-electron chi connectivity index (χ3n) is 1.36. The fraction of sp³-hybridized carbons (Fsp3) is 0.667. The van der Waals surface area contributed by atoms with Crippen molar-refractivity contribution in [2.75, 3.05) is 18.8 Å². The maximum atomic E-state index is 3.90. The molecule has 2 heteroatoms. The zero-order valence-corrected chi connectivity index (χ0v) is 6.00. The summed E-state index contributed by atoms with van der Waals surface area (Å²) in [5.74, 6) is 1.23. The average Bonchev–Trinajstić information content (AvgIpc) is 2.14. The second-order valence-electron chi connectivity index (χ2n) is 1.82. The average molecular weight is 129 g/mol. The lowest BCUT2D eigenvalue weighted by Gasteiger charge is -2.13. The topological polar surface area (TPSA) is 3.24 Å². The van der Waals surface area contributed by atoms with Gasteiger partial charge in [-0.25, -0.2) is 0 Å². The first kappa shape index (κ1) is 6.02. The molecule has 0 N–H and O–H groups in total. The van der Waals surface area contributed by atoms with E-state index < -0.39 is 0 Å². The molecule has 1 aliphatic heterocycles. The van der Waals surface area contributed by atoms with Gasteiger partial charge in [0.1, 0.15) is 0 Å². The lowest BCUT2D eigenvalue weighted by Crippen LogP contribution is -2.16.